The van der Waals surface area contributed by atoms with Gasteiger partial charge < -0.3 is 25.4 Å². The predicted octanol–water partition coefficient (Wildman–Crippen LogP) is 5.13. The number of nitrogens with one attached hydrogen (secondary N) is 2. The molecule has 0 saturated heterocycles. The van der Waals surface area contributed by atoms with Gasteiger partial charge in [0.05, 0.1) is 0 Å². The van der Waals surface area contributed by atoms with Crippen LogP contribution in [0.5, 0.6) is 5.75 Å². The summed E-state index contributed by atoms with van der Waals surface area (Å²) < 4.78 is 5.36. The fraction of sp³-hybridized carbons (Fsp3) is 0.679. The van der Waals surface area contributed by atoms with Gasteiger partial charge in [-0.15, -0.1) is 0 Å². The number of hydrogen-bond donors (Lipinski definition) is 4. The zero-order chi connectivity index (χ0) is 28.7. The summed E-state index contributed by atoms with van der Waals surface area (Å²) in [5.74, 6) is -0.568. The van der Waals surface area contributed by atoms with E-state index in [0.717, 1.165) is 6.42 Å². The van der Waals surface area contributed by atoms with Gasteiger partial charge in [-0.3, -0.25) is 9.59 Å². The molecule has 0 aromatic heterocycles. The van der Waals surface area contributed by atoms with E-state index in [9.17, 15) is 19.5 Å². The van der Waals surface area contributed by atoms with Crippen molar-refractivity contribution < 1.29 is 24.2 Å². The van der Waals surface area contributed by atoms with Crippen LogP contribution in [0.4, 0.5) is 4.79 Å². The Morgan fingerprint density at radius 2 is 1.65 bits per heavy atom. The number of para-hydroxylation sites is 1. The normalized spacial score (nSPS) is 14.5. The average molecular weight is 538 g/mol. The molecular weight excluding hydrogens is 490 g/mol. The molecule has 37 heavy (non-hydrogen) atoms. The van der Waals surface area contributed by atoms with Crippen LogP contribution >= 0.6 is 12.6 Å². The summed E-state index contributed by atoms with van der Waals surface area (Å²) >= 11 is 4.33. The number of thiol groups is 1. The Kier molecular flexibility index (Phi) is 11.8. The largest absolute Gasteiger partial charge is 0.507 e. The minimum Gasteiger partial charge on any atom is -0.507 e. The number of rotatable bonds is 10. The van der Waals surface area contributed by atoms with E-state index in [-0.39, 0.29) is 17.5 Å². The molecule has 0 aliphatic rings. The van der Waals surface area contributed by atoms with Crippen LogP contribution in [0.3, 0.4) is 0 Å². The first-order valence-electron chi connectivity index (χ1n) is 12.9. The molecule has 9 heteroatoms. The molecule has 8 nitrogen and oxygen atoms in total. The molecule has 0 radical (unpaired) electrons. The monoisotopic (exact) mass is 537 g/mol. The van der Waals surface area contributed by atoms with Crippen molar-refractivity contribution >= 4 is 30.5 Å². The van der Waals surface area contributed by atoms with Crippen LogP contribution < -0.4 is 10.6 Å². The maximum atomic E-state index is 14.1. The van der Waals surface area contributed by atoms with E-state index in [4.69, 9.17) is 4.74 Å². The molecule has 0 aliphatic heterocycles. The Morgan fingerprint density at radius 3 is 2.14 bits per heavy atom. The van der Waals surface area contributed by atoms with Gasteiger partial charge in [0, 0.05) is 22.9 Å². The van der Waals surface area contributed by atoms with Gasteiger partial charge in [-0.1, -0.05) is 32.0 Å². The zero-order valence-corrected chi connectivity index (χ0v) is 25.0. The number of hydrogen-bond acceptors (Lipinski definition) is 6. The minimum absolute atomic E-state index is 0.00110. The number of alkyl carbamates (subject to hydrolysis) is 1. The maximum absolute atomic E-state index is 14.1. The van der Waals surface area contributed by atoms with Crippen molar-refractivity contribution in [2.24, 2.45) is 5.92 Å². The lowest BCUT2D eigenvalue weighted by Gasteiger charge is -2.40. The van der Waals surface area contributed by atoms with Crippen molar-refractivity contribution in [2.45, 2.75) is 111 Å². The molecule has 0 spiro atoms. The maximum Gasteiger partial charge on any atom is 0.408 e. The first-order valence-corrected chi connectivity index (χ1v) is 13.5. The van der Waals surface area contributed by atoms with E-state index in [2.05, 4.69) is 37.1 Å². The molecule has 0 saturated carbocycles. The van der Waals surface area contributed by atoms with E-state index in [1.807, 2.05) is 27.7 Å². The number of carbonyl (C=O) groups excluding carboxylic acids is 3. The number of aromatic hydroxyl groups is 1. The predicted molar refractivity (Wildman–Crippen MR) is 151 cm³/mol. The molecule has 3 unspecified atom stereocenters. The topological polar surface area (TPSA) is 108 Å². The molecule has 210 valence electrons. The highest BCUT2D eigenvalue weighted by Crippen LogP contribution is 2.34. The van der Waals surface area contributed by atoms with Gasteiger partial charge in [0.25, 0.3) is 0 Å². The van der Waals surface area contributed by atoms with Crippen molar-refractivity contribution in [1.82, 2.24) is 15.5 Å². The average Bonchev–Trinajstić information content (AvgIpc) is 2.73. The van der Waals surface area contributed by atoms with Crippen molar-refractivity contribution in [1.29, 1.82) is 0 Å². The minimum atomic E-state index is -1.13. The number of phenolic OH excluding ortho intramolecular Hbond substituents is 1. The highest BCUT2D eigenvalue weighted by atomic mass is 32.1. The van der Waals surface area contributed by atoms with Gasteiger partial charge in [-0.25, -0.2) is 4.79 Å². The van der Waals surface area contributed by atoms with Crippen molar-refractivity contribution in [3.05, 3.63) is 29.3 Å². The van der Waals surface area contributed by atoms with Crippen LogP contribution in [0.1, 0.15) is 92.3 Å². The summed E-state index contributed by atoms with van der Waals surface area (Å²) in [5, 5.41) is 16.6. The van der Waals surface area contributed by atoms with E-state index in [1.54, 1.807) is 45.9 Å². The Hall–Kier alpha value is -2.42. The number of ether oxygens (including phenoxy) is 1. The van der Waals surface area contributed by atoms with Gasteiger partial charge >= 0.3 is 6.09 Å². The Balaban J connectivity index is 3.65. The van der Waals surface area contributed by atoms with Crippen LogP contribution in [-0.2, 0) is 14.3 Å². The van der Waals surface area contributed by atoms with Gasteiger partial charge in [0.2, 0.25) is 11.8 Å². The lowest BCUT2D eigenvalue weighted by Crippen LogP contribution is -2.57. The Labute approximate surface area is 228 Å². The second-order valence-corrected chi connectivity index (χ2v) is 12.5. The van der Waals surface area contributed by atoms with Gasteiger partial charge in [-0.05, 0) is 79.7 Å². The highest BCUT2D eigenvalue weighted by molar-refractivity contribution is 7.80. The molecule has 3 N–H and O–H groups in total. The second-order valence-electron chi connectivity index (χ2n) is 12.1. The van der Waals surface area contributed by atoms with Crippen LogP contribution in [-0.4, -0.2) is 56.9 Å². The zero-order valence-electron chi connectivity index (χ0n) is 24.1. The van der Waals surface area contributed by atoms with E-state index >= 15 is 0 Å². The summed E-state index contributed by atoms with van der Waals surface area (Å²) in [7, 11) is 0. The lowest BCUT2D eigenvalue weighted by molar-refractivity contribution is -0.145. The molecule has 1 aromatic carbocycles. The highest BCUT2D eigenvalue weighted by Gasteiger charge is 2.40. The van der Waals surface area contributed by atoms with Gasteiger partial charge in [-0.2, -0.15) is 12.6 Å². The summed E-state index contributed by atoms with van der Waals surface area (Å²) in [6.45, 7) is 18.6. The molecule has 1 rings (SSSR count). The first kappa shape index (κ1) is 32.6. The SMILES string of the molecule is Cc1cccc(C(C(=O)NC(C)(C)C)N(C(=O)C(CS)NC(=O)OC(C)(C)C)C(C)CCC(C)C)c1O. The molecule has 0 fully saturated rings. The summed E-state index contributed by atoms with van der Waals surface area (Å²) in [4.78, 5) is 41.9. The van der Waals surface area contributed by atoms with Crippen molar-refractivity contribution in [3.8, 4) is 5.75 Å². The van der Waals surface area contributed by atoms with Crippen LogP contribution in [0.15, 0.2) is 18.2 Å². The Morgan fingerprint density at radius 1 is 1.05 bits per heavy atom. The summed E-state index contributed by atoms with van der Waals surface area (Å²) in [6.07, 6.45) is 0.702. The molecule has 0 aliphatic carbocycles. The van der Waals surface area contributed by atoms with E-state index < -0.39 is 41.1 Å². The third-order valence-electron chi connectivity index (χ3n) is 5.65. The van der Waals surface area contributed by atoms with Gasteiger partial charge in [0.15, 0.2) is 0 Å². The quantitative estimate of drug-likeness (QED) is 0.309. The fourth-order valence-electron chi connectivity index (χ4n) is 3.89. The number of aryl methyl sites for hydroxylation is 1. The van der Waals surface area contributed by atoms with E-state index in [1.165, 1.54) is 4.90 Å². The molecule has 0 heterocycles. The van der Waals surface area contributed by atoms with Crippen molar-refractivity contribution in [3.63, 3.8) is 0 Å². The smallest absolute Gasteiger partial charge is 0.408 e. The van der Waals surface area contributed by atoms with Crippen LogP contribution in [0, 0.1) is 12.8 Å². The van der Waals surface area contributed by atoms with E-state index in [0.29, 0.717) is 23.5 Å². The lowest BCUT2D eigenvalue weighted by atomic mass is 9.95. The number of benzene rings is 1. The number of amides is 3. The van der Waals surface area contributed by atoms with Gasteiger partial charge in [0.1, 0.15) is 23.4 Å². The third kappa shape index (κ3) is 10.5. The molecule has 3 amide bonds. The van der Waals surface area contributed by atoms with Crippen molar-refractivity contribution in [2.75, 3.05) is 5.75 Å². The molecule has 0 bridgehead atoms. The first-order chi connectivity index (χ1) is 16.9. The number of carbonyl (C=O) groups is 3. The number of phenols is 1. The summed E-state index contributed by atoms with van der Waals surface area (Å²) in [5.41, 5.74) is -0.420. The molecular formula is C28H47N3O5S. The van der Waals surface area contributed by atoms with Crippen LogP contribution in [0.25, 0.3) is 0 Å². The standard InChI is InChI=1S/C28H47N3O5S/c1-17(2)14-15-19(4)31(25(34)21(16-37)29-26(35)36-28(8,9)10)22(24(33)30-27(5,6)7)20-13-11-12-18(3)23(20)32/h11-13,17,19,21-22,32,37H,14-16H2,1-10H3,(H,29,35)(H,30,33). The summed E-state index contributed by atoms with van der Waals surface area (Å²) in [6, 6.07) is 2.59. The fourth-order valence-corrected chi connectivity index (χ4v) is 4.13. The Bertz CT molecular complexity index is 937. The number of nitrogens with zero attached hydrogens (tertiary/aromatic N) is 1. The second kappa shape index (κ2) is 13.4. The van der Waals surface area contributed by atoms with Crippen LogP contribution in [0.2, 0.25) is 0 Å². The molecule has 1 aromatic rings. The molecule has 3 atom stereocenters. The third-order valence-corrected chi connectivity index (χ3v) is 6.02.